The van der Waals surface area contributed by atoms with Crippen molar-refractivity contribution in [1.29, 1.82) is 5.26 Å². The maximum Gasteiger partial charge on any atom is 0.282 e. The van der Waals surface area contributed by atoms with Crippen LogP contribution in [-0.4, -0.2) is 69.7 Å². The molecule has 0 bridgehead atoms. The molecule has 2 aromatic heterocycles. The van der Waals surface area contributed by atoms with Gasteiger partial charge in [0.05, 0.1) is 11.7 Å². The number of aromatic nitrogens is 4. The monoisotopic (exact) mass is 594 g/mol. The normalized spacial score (nSPS) is 26.1. The third-order valence-corrected chi connectivity index (χ3v) is 10.8. The first-order valence-corrected chi connectivity index (χ1v) is 15.6. The van der Waals surface area contributed by atoms with Gasteiger partial charge in [-0.15, -0.1) is 10.2 Å². The van der Waals surface area contributed by atoms with Crippen LogP contribution in [0.25, 0.3) is 11.1 Å². The summed E-state index contributed by atoms with van der Waals surface area (Å²) in [5.41, 5.74) is 2.82. The number of carbonyl (C=O) groups excluding carboxylic acids is 1. The number of rotatable bonds is 6. The predicted molar refractivity (Wildman–Crippen MR) is 159 cm³/mol. The molecular formula is C33H35FN8O2. The van der Waals surface area contributed by atoms with Gasteiger partial charge in [-0.05, 0) is 79.8 Å². The number of likely N-dealkylation sites (tertiary alicyclic amines) is 1. The predicted octanol–water partition coefficient (Wildman–Crippen LogP) is 4.29. The van der Waals surface area contributed by atoms with Gasteiger partial charge in [-0.2, -0.15) is 5.26 Å². The summed E-state index contributed by atoms with van der Waals surface area (Å²) in [5.74, 6) is 2.47. The number of fused-ring (bicyclic) bond motifs is 1. The smallest absolute Gasteiger partial charge is 0.282 e. The van der Waals surface area contributed by atoms with Crippen LogP contribution in [0.2, 0.25) is 0 Å². The molecule has 44 heavy (non-hydrogen) atoms. The SMILES string of the molecule is CC1(C)[C@@H]2[C@@H](C(=O)N3CCC4(CC3)CN(c3ncnnc3Oc3ccc(F)cc3-c3ccc(C#N)nc3C3CC3)C4)NC[C@@H]21. The Labute approximate surface area is 255 Å². The summed E-state index contributed by atoms with van der Waals surface area (Å²) >= 11 is 0. The third kappa shape index (κ3) is 4.50. The Balaban J connectivity index is 0.974. The minimum atomic E-state index is -0.394. The third-order valence-electron chi connectivity index (χ3n) is 10.8. The molecule has 5 aliphatic rings. The highest BCUT2D eigenvalue weighted by molar-refractivity contribution is 5.84. The number of nitrogens with one attached hydrogen (secondary N) is 1. The summed E-state index contributed by atoms with van der Waals surface area (Å²) in [6, 6.07) is 9.92. The first-order chi connectivity index (χ1) is 21.3. The molecule has 1 spiro atoms. The van der Waals surface area contributed by atoms with Gasteiger partial charge in [0, 0.05) is 48.6 Å². The van der Waals surface area contributed by atoms with E-state index in [9.17, 15) is 14.4 Å². The summed E-state index contributed by atoms with van der Waals surface area (Å²) < 4.78 is 20.9. The first kappa shape index (κ1) is 27.4. The first-order valence-electron chi connectivity index (χ1n) is 15.6. The molecule has 3 aliphatic heterocycles. The van der Waals surface area contributed by atoms with Crippen molar-refractivity contribution in [2.24, 2.45) is 22.7 Å². The van der Waals surface area contributed by atoms with Crippen molar-refractivity contribution in [1.82, 2.24) is 30.4 Å². The second-order valence-electron chi connectivity index (χ2n) is 13.9. The summed E-state index contributed by atoms with van der Waals surface area (Å²) in [6.07, 6.45) is 5.28. The Bertz CT molecular complexity index is 1690. The van der Waals surface area contributed by atoms with E-state index >= 15 is 0 Å². The zero-order valence-corrected chi connectivity index (χ0v) is 25.0. The lowest BCUT2D eigenvalue weighted by molar-refractivity contribution is -0.136. The van der Waals surface area contributed by atoms with Gasteiger partial charge in [0.15, 0.2) is 5.82 Å². The lowest BCUT2D eigenvalue weighted by Gasteiger charge is -2.54. The molecule has 3 aromatic rings. The van der Waals surface area contributed by atoms with E-state index in [0.717, 1.165) is 69.7 Å². The fourth-order valence-corrected chi connectivity index (χ4v) is 7.97. The Hall–Kier alpha value is -4.17. The van der Waals surface area contributed by atoms with Gasteiger partial charge in [-0.1, -0.05) is 13.8 Å². The van der Waals surface area contributed by atoms with E-state index in [1.54, 1.807) is 12.1 Å². The molecular weight excluding hydrogens is 559 g/mol. The van der Waals surface area contributed by atoms with Crippen LogP contribution >= 0.6 is 0 Å². The van der Waals surface area contributed by atoms with Crippen LogP contribution in [0, 0.1) is 39.8 Å². The maximum atomic E-state index is 14.6. The Morgan fingerprint density at radius 2 is 1.93 bits per heavy atom. The number of piperidine rings is 2. The van der Waals surface area contributed by atoms with Crippen LogP contribution in [0.3, 0.4) is 0 Å². The summed E-state index contributed by atoms with van der Waals surface area (Å²) in [6.45, 7) is 8.65. The topological polar surface area (TPSA) is 120 Å². The number of hydrogen-bond acceptors (Lipinski definition) is 9. The number of hydrogen-bond donors (Lipinski definition) is 1. The van der Waals surface area contributed by atoms with Crippen molar-refractivity contribution in [3.05, 3.63) is 53.9 Å². The number of carbonyl (C=O) groups is 1. The van der Waals surface area contributed by atoms with E-state index in [2.05, 4.69) is 55.2 Å². The van der Waals surface area contributed by atoms with E-state index in [1.807, 2.05) is 6.07 Å². The molecule has 5 fully saturated rings. The lowest BCUT2D eigenvalue weighted by atomic mass is 9.72. The average molecular weight is 595 g/mol. The zero-order chi connectivity index (χ0) is 30.2. The van der Waals surface area contributed by atoms with E-state index in [-0.39, 0.29) is 34.6 Å². The van der Waals surface area contributed by atoms with Crippen molar-refractivity contribution in [3.63, 3.8) is 0 Å². The number of anilines is 1. The molecule has 11 heteroatoms. The van der Waals surface area contributed by atoms with E-state index < -0.39 is 5.82 Å². The molecule has 2 saturated carbocycles. The molecule has 3 atom stereocenters. The van der Waals surface area contributed by atoms with E-state index in [4.69, 9.17) is 4.74 Å². The highest BCUT2D eigenvalue weighted by Gasteiger charge is 2.66. The van der Waals surface area contributed by atoms with Gasteiger partial charge in [0.1, 0.15) is 29.7 Å². The van der Waals surface area contributed by atoms with Crippen molar-refractivity contribution >= 4 is 11.7 Å². The van der Waals surface area contributed by atoms with Gasteiger partial charge in [0.2, 0.25) is 5.91 Å². The fourth-order valence-electron chi connectivity index (χ4n) is 7.97. The summed E-state index contributed by atoms with van der Waals surface area (Å²) in [5, 5.41) is 21.1. The molecule has 3 saturated heterocycles. The second kappa shape index (κ2) is 9.92. The molecule has 5 heterocycles. The quantitative estimate of drug-likeness (QED) is 0.446. The van der Waals surface area contributed by atoms with E-state index in [0.29, 0.717) is 34.7 Å². The van der Waals surface area contributed by atoms with Crippen molar-refractivity contribution < 1.29 is 13.9 Å². The van der Waals surface area contributed by atoms with Crippen LogP contribution in [0.1, 0.15) is 56.8 Å². The van der Waals surface area contributed by atoms with Crippen LogP contribution in [0.5, 0.6) is 11.6 Å². The number of pyridine rings is 1. The van der Waals surface area contributed by atoms with Crippen molar-refractivity contribution in [3.8, 4) is 28.8 Å². The molecule has 226 valence electrons. The fraction of sp³-hybridized carbons (Fsp3) is 0.515. The minimum absolute atomic E-state index is 0.0366. The van der Waals surface area contributed by atoms with Crippen molar-refractivity contribution in [2.75, 3.05) is 37.6 Å². The molecule has 0 unspecified atom stereocenters. The molecule has 1 N–H and O–H groups in total. The van der Waals surface area contributed by atoms with Gasteiger partial charge in [-0.25, -0.2) is 14.4 Å². The summed E-state index contributed by atoms with van der Waals surface area (Å²) in [7, 11) is 0. The average Bonchev–Trinajstić information content (AvgIpc) is 3.89. The molecule has 8 rings (SSSR count). The molecule has 10 nitrogen and oxygen atoms in total. The number of halogens is 1. The zero-order valence-electron chi connectivity index (χ0n) is 25.0. The van der Waals surface area contributed by atoms with Crippen LogP contribution in [0.4, 0.5) is 10.2 Å². The molecule has 2 aliphatic carbocycles. The minimum Gasteiger partial charge on any atom is -0.434 e. The maximum absolute atomic E-state index is 14.6. The summed E-state index contributed by atoms with van der Waals surface area (Å²) in [4.78, 5) is 26.7. The highest BCUT2D eigenvalue weighted by Crippen LogP contribution is 2.62. The largest absolute Gasteiger partial charge is 0.434 e. The van der Waals surface area contributed by atoms with E-state index in [1.165, 1.54) is 18.5 Å². The number of amides is 1. The number of nitriles is 1. The van der Waals surface area contributed by atoms with Gasteiger partial charge < -0.3 is 19.9 Å². The second-order valence-corrected chi connectivity index (χ2v) is 13.9. The van der Waals surface area contributed by atoms with Gasteiger partial charge >= 0.3 is 0 Å². The number of benzene rings is 1. The Morgan fingerprint density at radius 1 is 1.14 bits per heavy atom. The standard InChI is InChI=1S/C33H35FN8O2/c1-32(2)24-15-36-28(26(24)32)31(43)41-11-9-33(10-12-41)16-42(17-33)29-30(40-38-18-37-29)44-25-8-5-20(34)13-23(25)22-7-6-21(14-35)39-27(22)19-3-4-19/h5-8,13,18-19,24,26,28,36H,3-4,9-12,15-17H2,1-2H3/t24-,26-,28-/m0/s1. The number of ether oxygens (including phenoxy) is 1. The van der Waals surface area contributed by atoms with Gasteiger partial charge in [0.25, 0.3) is 5.88 Å². The molecule has 1 aromatic carbocycles. The van der Waals surface area contributed by atoms with Crippen LogP contribution < -0.4 is 15.0 Å². The lowest BCUT2D eigenvalue weighted by Crippen LogP contribution is -2.62. The Kier molecular flexibility index (Phi) is 6.18. The highest BCUT2D eigenvalue weighted by atomic mass is 19.1. The molecule has 0 radical (unpaired) electrons. The van der Waals surface area contributed by atoms with Crippen LogP contribution in [-0.2, 0) is 4.79 Å². The van der Waals surface area contributed by atoms with Crippen LogP contribution in [0.15, 0.2) is 36.7 Å². The van der Waals surface area contributed by atoms with Crippen molar-refractivity contribution in [2.45, 2.75) is 51.5 Å². The number of nitrogens with zero attached hydrogens (tertiary/aromatic N) is 7. The Morgan fingerprint density at radius 3 is 2.64 bits per heavy atom. The molecule has 1 amide bonds. The van der Waals surface area contributed by atoms with Gasteiger partial charge in [-0.3, -0.25) is 4.79 Å².